The quantitative estimate of drug-likeness (QED) is 0.0596. The second-order valence-corrected chi connectivity index (χ2v) is 17.6. The number of carbonyl (C=O) groups excluding carboxylic acids is 5. The standard InChI is InChI=1S/C40H42ClN8O9PS/c1-56-30-22-24(13-14-27(30)44-40-42-23-26(41)36(46-40)43-28-9-4-5-10-31(28)59(55,57-2)58-3)47-17-19-48(20-18-47)34(51)12-7-21-60-32-11-6-8-25-35(32)39(54)49(38(25)53)29-15-16-33(50)45-37(29)52/h4-6,8-11,13-14,22-23,29H,7,12,15-21H2,1-3H3,(H,45,50,52)(H2,42,43,44,46). The van der Waals surface area contributed by atoms with Crippen LogP contribution in [0.1, 0.15) is 46.4 Å². The maximum atomic E-state index is 13.4. The van der Waals surface area contributed by atoms with Gasteiger partial charge in [-0.15, -0.1) is 11.8 Å². The van der Waals surface area contributed by atoms with Crippen LogP contribution in [0, 0.1) is 0 Å². The summed E-state index contributed by atoms with van der Waals surface area (Å²) in [6.07, 6.45) is 2.46. The molecule has 17 nitrogen and oxygen atoms in total. The molecule has 3 aliphatic heterocycles. The van der Waals surface area contributed by atoms with Crippen LogP contribution in [0.25, 0.3) is 0 Å². The highest BCUT2D eigenvalue weighted by Crippen LogP contribution is 2.47. The largest absolute Gasteiger partial charge is 0.494 e. The number of benzene rings is 3. The van der Waals surface area contributed by atoms with Crippen molar-refractivity contribution in [2.45, 2.75) is 36.6 Å². The number of fused-ring (bicyclic) bond motifs is 1. The minimum Gasteiger partial charge on any atom is -0.494 e. The first kappa shape index (κ1) is 42.6. The molecule has 0 radical (unpaired) electrons. The fourth-order valence-corrected chi connectivity index (χ4v) is 9.61. The average molecular weight is 877 g/mol. The summed E-state index contributed by atoms with van der Waals surface area (Å²) >= 11 is 7.84. The van der Waals surface area contributed by atoms with E-state index < -0.39 is 37.3 Å². The topological polar surface area (TPSA) is 202 Å². The van der Waals surface area contributed by atoms with Crippen molar-refractivity contribution in [3.8, 4) is 5.75 Å². The van der Waals surface area contributed by atoms with Gasteiger partial charge in [-0.1, -0.05) is 29.8 Å². The molecule has 20 heteroatoms. The Morgan fingerprint density at radius 2 is 1.72 bits per heavy atom. The van der Waals surface area contributed by atoms with Gasteiger partial charge in [0.25, 0.3) is 11.8 Å². The van der Waals surface area contributed by atoms with Crippen LogP contribution in [0.5, 0.6) is 5.75 Å². The molecular formula is C40H42ClN8O9PS. The van der Waals surface area contributed by atoms with Gasteiger partial charge in [0.15, 0.2) is 5.82 Å². The molecule has 7 rings (SSSR count). The third-order valence-corrected chi connectivity index (χ3v) is 13.7. The van der Waals surface area contributed by atoms with Crippen molar-refractivity contribution < 1.29 is 42.3 Å². The number of methoxy groups -OCH3 is 1. The lowest BCUT2D eigenvalue weighted by molar-refractivity contribution is -0.136. The number of ether oxygens (including phenoxy) is 1. The van der Waals surface area contributed by atoms with Gasteiger partial charge in [-0.05, 0) is 55.0 Å². The number of para-hydroxylation sites is 1. The maximum Gasteiger partial charge on any atom is 0.362 e. The Morgan fingerprint density at radius 1 is 0.950 bits per heavy atom. The van der Waals surface area contributed by atoms with Crippen molar-refractivity contribution in [2.24, 2.45) is 0 Å². The third-order valence-electron chi connectivity index (χ3n) is 10.3. The summed E-state index contributed by atoms with van der Waals surface area (Å²) < 4.78 is 29.3. The smallest absolute Gasteiger partial charge is 0.362 e. The van der Waals surface area contributed by atoms with Gasteiger partial charge in [-0.3, -0.25) is 38.8 Å². The van der Waals surface area contributed by atoms with Crippen molar-refractivity contribution in [3.05, 3.63) is 83.0 Å². The highest BCUT2D eigenvalue weighted by Gasteiger charge is 2.45. The van der Waals surface area contributed by atoms with E-state index in [-0.39, 0.29) is 46.7 Å². The molecule has 314 valence electrons. The van der Waals surface area contributed by atoms with Gasteiger partial charge in [0.2, 0.25) is 23.7 Å². The van der Waals surface area contributed by atoms with E-state index in [2.05, 4.69) is 30.8 Å². The Hall–Kier alpha value is -5.52. The first-order valence-corrected chi connectivity index (χ1v) is 21.9. The van der Waals surface area contributed by atoms with Crippen LogP contribution in [-0.4, -0.2) is 109 Å². The van der Waals surface area contributed by atoms with Gasteiger partial charge in [-0.2, -0.15) is 4.98 Å². The number of nitrogens with zero attached hydrogens (tertiary/aromatic N) is 5. The van der Waals surface area contributed by atoms with Crippen LogP contribution < -0.4 is 30.9 Å². The highest BCUT2D eigenvalue weighted by atomic mass is 35.5. The van der Waals surface area contributed by atoms with Gasteiger partial charge < -0.3 is 34.2 Å². The molecule has 4 aromatic rings. The summed E-state index contributed by atoms with van der Waals surface area (Å²) in [6, 6.07) is 16.5. The summed E-state index contributed by atoms with van der Waals surface area (Å²) in [5, 5.41) is 9.05. The minimum atomic E-state index is -3.59. The lowest BCUT2D eigenvalue weighted by Crippen LogP contribution is -2.54. The number of nitrogens with one attached hydrogen (secondary N) is 3. The molecule has 0 saturated carbocycles. The summed E-state index contributed by atoms with van der Waals surface area (Å²) in [5.41, 5.74) is 2.44. The number of rotatable bonds is 15. The number of piperidine rings is 1. The van der Waals surface area contributed by atoms with E-state index in [0.717, 1.165) is 10.6 Å². The highest BCUT2D eigenvalue weighted by molar-refractivity contribution is 7.99. The molecule has 2 saturated heterocycles. The molecule has 0 bridgehead atoms. The summed E-state index contributed by atoms with van der Waals surface area (Å²) in [7, 11) is 0.592. The molecule has 1 aromatic heterocycles. The van der Waals surface area contributed by atoms with Crippen LogP contribution in [-0.2, 0) is 28.0 Å². The number of carbonyl (C=O) groups is 5. The van der Waals surface area contributed by atoms with Gasteiger partial charge in [-0.25, -0.2) is 4.98 Å². The Labute approximate surface area is 355 Å². The number of amides is 5. The Balaban J connectivity index is 0.911. The molecule has 0 spiro atoms. The first-order valence-electron chi connectivity index (χ1n) is 19.0. The lowest BCUT2D eigenvalue weighted by atomic mass is 10.0. The zero-order valence-electron chi connectivity index (χ0n) is 32.9. The van der Waals surface area contributed by atoms with Crippen LogP contribution in [0.3, 0.4) is 0 Å². The summed E-state index contributed by atoms with van der Waals surface area (Å²) in [5.74, 6) is -0.569. The Kier molecular flexibility index (Phi) is 13.1. The summed E-state index contributed by atoms with van der Waals surface area (Å²) in [6.45, 7) is 2.30. The van der Waals surface area contributed by atoms with Crippen LogP contribution >= 0.6 is 31.0 Å². The van der Waals surface area contributed by atoms with E-state index in [1.807, 2.05) is 23.1 Å². The molecule has 4 heterocycles. The molecule has 60 heavy (non-hydrogen) atoms. The van der Waals surface area contributed by atoms with Crippen LogP contribution in [0.4, 0.5) is 28.8 Å². The molecule has 5 amide bonds. The van der Waals surface area contributed by atoms with Crippen molar-refractivity contribution in [1.29, 1.82) is 0 Å². The first-order chi connectivity index (χ1) is 28.9. The van der Waals surface area contributed by atoms with Gasteiger partial charge in [0, 0.05) is 69.9 Å². The second kappa shape index (κ2) is 18.4. The summed E-state index contributed by atoms with van der Waals surface area (Å²) in [4.78, 5) is 78.3. The Bertz CT molecular complexity index is 2390. The fraction of sp³-hybridized carbons (Fsp3) is 0.325. The van der Waals surface area contributed by atoms with Gasteiger partial charge in [0.05, 0.1) is 41.1 Å². The van der Waals surface area contributed by atoms with E-state index in [4.69, 9.17) is 25.4 Å². The monoisotopic (exact) mass is 876 g/mol. The normalized spacial score (nSPS) is 16.8. The molecule has 3 aliphatic rings. The molecule has 1 unspecified atom stereocenters. The van der Waals surface area contributed by atoms with Crippen molar-refractivity contribution in [1.82, 2.24) is 25.1 Å². The van der Waals surface area contributed by atoms with E-state index >= 15 is 0 Å². The number of aromatic nitrogens is 2. The van der Waals surface area contributed by atoms with Crippen molar-refractivity contribution >= 4 is 94.6 Å². The zero-order chi connectivity index (χ0) is 42.6. The van der Waals surface area contributed by atoms with E-state index in [1.165, 1.54) is 32.2 Å². The number of thioether (sulfide) groups is 1. The minimum absolute atomic E-state index is 0.0349. The molecule has 2 fully saturated rings. The van der Waals surface area contributed by atoms with Crippen molar-refractivity contribution in [3.63, 3.8) is 0 Å². The molecule has 1 atom stereocenters. The lowest BCUT2D eigenvalue weighted by Gasteiger charge is -2.36. The molecular weight excluding hydrogens is 835 g/mol. The number of anilines is 5. The predicted molar refractivity (Wildman–Crippen MR) is 226 cm³/mol. The van der Waals surface area contributed by atoms with Crippen LogP contribution in [0.2, 0.25) is 5.02 Å². The molecule has 3 N–H and O–H groups in total. The Morgan fingerprint density at radius 3 is 2.45 bits per heavy atom. The van der Waals surface area contributed by atoms with Crippen molar-refractivity contribution in [2.75, 3.05) is 68.8 Å². The number of imide groups is 2. The van der Waals surface area contributed by atoms with Gasteiger partial charge in [0.1, 0.15) is 16.8 Å². The number of hydrogen-bond acceptors (Lipinski definition) is 15. The fourth-order valence-electron chi connectivity index (χ4n) is 7.21. The van der Waals surface area contributed by atoms with E-state index in [9.17, 15) is 28.5 Å². The average Bonchev–Trinajstić information content (AvgIpc) is 3.52. The predicted octanol–water partition coefficient (Wildman–Crippen LogP) is 5.36. The van der Waals surface area contributed by atoms with Gasteiger partial charge >= 0.3 is 7.60 Å². The SMILES string of the molecule is COc1cc(N2CCN(C(=O)CCCSc3cccc4c3C(=O)N(C3CCC(=O)NC3=O)C4=O)CC2)ccc1Nc1ncc(Cl)c(Nc2ccccc2P(=O)(OC)OC)n1. The molecule has 3 aromatic carbocycles. The number of hydrogen-bond donors (Lipinski definition) is 3. The van der Waals surface area contributed by atoms with E-state index in [1.54, 1.807) is 49.6 Å². The second-order valence-electron chi connectivity index (χ2n) is 13.9. The number of halogens is 1. The number of piperazine rings is 1. The third kappa shape index (κ3) is 8.83. The zero-order valence-corrected chi connectivity index (χ0v) is 35.4. The maximum absolute atomic E-state index is 13.4. The molecule has 0 aliphatic carbocycles. The van der Waals surface area contributed by atoms with E-state index in [0.29, 0.717) is 72.1 Å². The van der Waals surface area contributed by atoms with Crippen LogP contribution in [0.15, 0.2) is 71.8 Å².